The Hall–Kier alpha value is 0.130. The molecule has 0 spiro atoms. The van der Waals surface area contributed by atoms with Crippen LogP contribution in [0.25, 0.3) is 0 Å². The standard InChI is InChI=1S/C8H8ClIN2/c9-8-3-6(10)5(4-12-8)7-1-2-11-7/h3-4,7,11H,1-2H2. The summed E-state index contributed by atoms with van der Waals surface area (Å²) in [5.41, 5.74) is 1.27. The molecule has 1 aliphatic rings. The Bertz CT molecular complexity index is 299. The van der Waals surface area contributed by atoms with Crippen LogP contribution in [0, 0.1) is 3.57 Å². The fourth-order valence-corrected chi connectivity index (χ4v) is 2.38. The zero-order valence-corrected chi connectivity index (χ0v) is 9.26. The van der Waals surface area contributed by atoms with Gasteiger partial charge in [-0.05, 0) is 41.6 Å². The van der Waals surface area contributed by atoms with E-state index in [1.54, 1.807) is 0 Å². The van der Waals surface area contributed by atoms with Crippen LogP contribution in [0.3, 0.4) is 0 Å². The van der Waals surface area contributed by atoms with Gasteiger partial charge in [0.1, 0.15) is 5.15 Å². The van der Waals surface area contributed by atoms with E-state index < -0.39 is 0 Å². The molecular weight excluding hydrogens is 286 g/mol. The number of nitrogens with zero attached hydrogens (tertiary/aromatic N) is 1. The molecule has 1 unspecified atom stereocenters. The molecule has 0 aromatic carbocycles. The predicted molar refractivity (Wildman–Crippen MR) is 57.3 cm³/mol. The van der Waals surface area contributed by atoms with E-state index in [1.165, 1.54) is 15.6 Å². The highest BCUT2D eigenvalue weighted by atomic mass is 127. The van der Waals surface area contributed by atoms with Crippen molar-refractivity contribution in [1.82, 2.24) is 10.3 Å². The minimum absolute atomic E-state index is 0.502. The number of rotatable bonds is 1. The monoisotopic (exact) mass is 294 g/mol. The first-order valence-corrected chi connectivity index (χ1v) is 5.27. The summed E-state index contributed by atoms with van der Waals surface area (Å²) in [6.45, 7) is 1.11. The predicted octanol–water partition coefficient (Wildman–Crippen LogP) is 2.37. The van der Waals surface area contributed by atoms with Crippen molar-refractivity contribution >= 4 is 34.2 Å². The number of aromatic nitrogens is 1. The van der Waals surface area contributed by atoms with Gasteiger partial charge in [0, 0.05) is 21.4 Å². The van der Waals surface area contributed by atoms with Crippen LogP contribution < -0.4 is 5.32 Å². The highest BCUT2D eigenvalue weighted by Crippen LogP contribution is 2.27. The van der Waals surface area contributed by atoms with Crippen LogP contribution in [0.2, 0.25) is 5.15 Å². The highest BCUT2D eigenvalue weighted by Gasteiger charge is 2.20. The van der Waals surface area contributed by atoms with E-state index in [-0.39, 0.29) is 0 Å². The molecule has 0 bridgehead atoms. The lowest BCUT2D eigenvalue weighted by Gasteiger charge is -2.28. The van der Waals surface area contributed by atoms with E-state index in [4.69, 9.17) is 11.6 Å². The lowest BCUT2D eigenvalue weighted by molar-refractivity contribution is 0.381. The zero-order chi connectivity index (χ0) is 8.55. The Labute approximate surface area is 89.9 Å². The van der Waals surface area contributed by atoms with Crippen LogP contribution in [-0.2, 0) is 0 Å². The average Bonchev–Trinajstić information content (AvgIpc) is 1.91. The summed E-state index contributed by atoms with van der Waals surface area (Å²) in [4.78, 5) is 4.06. The molecule has 0 amide bonds. The molecule has 1 fully saturated rings. The SMILES string of the molecule is Clc1cc(I)c(C2CCN2)cn1. The van der Waals surface area contributed by atoms with Gasteiger partial charge in [0.2, 0.25) is 0 Å². The quantitative estimate of drug-likeness (QED) is 0.635. The molecule has 1 N–H and O–H groups in total. The van der Waals surface area contributed by atoms with Gasteiger partial charge < -0.3 is 5.32 Å². The van der Waals surface area contributed by atoms with Crippen LogP contribution in [0.4, 0.5) is 0 Å². The second-order valence-corrected chi connectivity index (χ2v) is 4.37. The molecule has 2 heterocycles. The van der Waals surface area contributed by atoms with Crippen molar-refractivity contribution in [3.05, 3.63) is 26.5 Å². The third kappa shape index (κ3) is 1.58. The maximum Gasteiger partial charge on any atom is 0.130 e. The van der Waals surface area contributed by atoms with Gasteiger partial charge in [0.15, 0.2) is 0 Å². The molecule has 2 rings (SSSR count). The number of pyridine rings is 1. The van der Waals surface area contributed by atoms with Crippen molar-refractivity contribution in [1.29, 1.82) is 0 Å². The first kappa shape index (κ1) is 8.72. The van der Waals surface area contributed by atoms with E-state index >= 15 is 0 Å². The van der Waals surface area contributed by atoms with Gasteiger partial charge >= 0.3 is 0 Å². The van der Waals surface area contributed by atoms with E-state index in [0.717, 1.165) is 6.54 Å². The van der Waals surface area contributed by atoms with Crippen LogP contribution in [-0.4, -0.2) is 11.5 Å². The molecule has 1 atom stereocenters. The van der Waals surface area contributed by atoms with E-state index in [2.05, 4.69) is 32.9 Å². The summed E-state index contributed by atoms with van der Waals surface area (Å²) in [5, 5.41) is 3.91. The van der Waals surface area contributed by atoms with Crippen molar-refractivity contribution < 1.29 is 0 Å². The largest absolute Gasteiger partial charge is 0.310 e. The molecule has 0 radical (unpaired) electrons. The fourth-order valence-electron chi connectivity index (χ4n) is 1.23. The Kier molecular flexibility index (Phi) is 2.52. The summed E-state index contributed by atoms with van der Waals surface area (Å²) in [7, 11) is 0. The Morgan fingerprint density at radius 3 is 2.92 bits per heavy atom. The summed E-state index contributed by atoms with van der Waals surface area (Å²) < 4.78 is 1.20. The topological polar surface area (TPSA) is 24.9 Å². The van der Waals surface area contributed by atoms with Crippen molar-refractivity contribution in [3.63, 3.8) is 0 Å². The highest BCUT2D eigenvalue weighted by molar-refractivity contribution is 14.1. The van der Waals surface area contributed by atoms with Gasteiger partial charge in [-0.15, -0.1) is 0 Å². The van der Waals surface area contributed by atoms with Crippen molar-refractivity contribution in [2.75, 3.05) is 6.54 Å². The number of hydrogen-bond acceptors (Lipinski definition) is 2. The van der Waals surface area contributed by atoms with Crippen LogP contribution in [0.15, 0.2) is 12.3 Å². The smallest absolute Gasteiger partial charge is 0.130 e. The van der Waals surface area contributed by atoms with Gasteiger partial charge in [0.05, 0.1) is 0 Å². The van der Waals surface area contributed by atoms with Crippen LogP contribution in [0.5, 0.6) is 0 Å². The molecule has 1 aliphatic heterocycles. The van der Waals surface area contributed by atoms with E-state index in [1.807, 2.05) is 12.3 Å². The number of nitrogens with one attached hydrogen (secondary N) is 1. The number of hydrogen-bond donors (Lipinski definition) is 1. The second-order valence-electron chi connectivity index (χ2n) is 2.82. The van der Waals surface area contributed by atoms with Gasteiger partial charge in [-0.2, -0.15) is 0 Å². The Balaban J connectivity index is 2.31. The Morgan fingerprint density at radius 1 is 1.67 bits per heavy atom. The maximum absolute atomic E-state index is 5.75. The zero-order valence-electron chi connectivity index (χ0n) is 6.35. The molecule has 0 aliphatic carbocycles. The minimum atomic E-state index is 0.502. The lowest BCUT2D eigenvalue weighted by Crippen LogP contribution is -2.35. The first-order valence-electron chi connectivity index (χ1n) is 3.81. The summed E-state index contributed by atoms with van der Waals surface area (Å²) in [6.07, 6.45) is 3.07. The maximum atomic E-state index is 5.75. The normalized spacial score (nSPS) is 22.0. The molecule has 2 nitrogen and oxygen atoms in total. The van der Waals surface area contributed by atoms with Gasteiger partial charge in [-0.1, -0.05) is 11.6 Å². The van der Waals surface area contributed by atoms with Crippen molar-refractivity contribution in [2.45, 2.75) is 12.5 Å². The second kappa shape index (κ2) is 3.47. The summed E-state index contributed by atoms with van der Waals surface area (Å²) in [6, 6.07) is 2.40. The first-order chi connectivity index (χ1) is 5.77. The third-order valence-corrected chi connectivity index (χ3v) is 3.19. The van der Waals surface area contributed by atoms with Crippen molar-refractivity contribution in [2.24, 2.45) is 0 Å². The molecule has 1 aromatic rings. The molecule has 1 aromatic heterocycles. The van der Waals surface area contributed by atoms with Crippen LogP contribution in [0.1, 0.15) is 18.0 Å². The van der Waals surface area contributed by atoms with Gasteiger partial charge in [0.25, 0.3) is 0 Å². The van der Waals surface area contributed by atoms with Gasteiger partial charge in [-0.3, -0.25) is 0 Å². The van der Waals surface area contributed by atoms with E-state index in [0.29, 0.717) is 11.2 Å². The molecule has 12 heavy (non-hydrogen) atoms. The number of halogens is 2. The van der Waals surface area contributed by atoms with Gasteiger partial charge in [-0.25, -0.2) is 4.98 Å². The molecule has 64 valence electrons. The third-order valence-electron chi connectivity index (χ3n) is 2.05. The van der Waals surface area contributed by atoms with Crippen LogP contribution >= 0.6 is 34.2 Å². The molecular formula is C8H8ClIN2. The molecule has 0 saturated carbocycles. The fraction of sp³-hybridized carbons (Fsp3) is 0.375. The summed E-state index contributed by atoms with van der Waals surface area (Å²) in [5.74, 6) is 0. The minimum Gasteiger partial charge on any atom is -0.310 e. The molecule has 4 heteroatoms. The average molecular weight is 295 g/mol. The lowest BCUT2D eigenvalue weighted by atomic mass is 10.0. The summed E-state index contributed by atoms with van der Waals surface area (Å²) >= 11 is 8.04. The Morgan fingerprint density at radius 2 is 2.42 bits per heavy atom. The molecule has 1 saturated heterocycles. The van der Waals surface area contributed by atoms with Crippen molar-refractivity contribution in [3.8, 4) is 0 Å². The van der Waals surface area contributed by atoms with E-state index in [9.17, 15) is 0 Å².